The predicted molar refractivity (Wildman–Crippen MR) is 97.8 cm³/mol. The van der Waals surface area contributed by atoms with Gasteiger partial charge in [0.1, 0.15) is 5.75 Å². The number of nitrogens with one attached hydrogen (secondary N) is 1. The van der Waals surface area contributed by atoms with Gasteiger partial charge >= 0.3 is 5.97 Å². The Morgan fingerprint density at radius 3 is 2.15 bits per heavy atom. The molecule has 0 saturated heterocycles. The fourth-order valence-corrected chi connectivity index (χ4v) is 5.88. The smallest absolute Gasteiger partial charge is 0.306 e. The molecule has 0 heterocycles. The zero-order valence-electron chi connectivity index (χ0n) is 15.3. The summed E-state index contributed by atoms with van der Waals surface area (Å²) in [4.78, 5) is 24.4. The van der Waals surface area contributed by atoms with E-state index in [2.05, 4.69) is 5.32 Å². The first kappa shape index (κ1) is 17.4. The van der Waals surface area contributed by atoms with Crippen molar-refractivity contribution in [3.63, 3.8) is 0 Å². The molecule has 0 unspecified atom stereocenters. The molecule has 1 aromatic rings. The second-order valence-electron chi connectivity index (χ2n) is 8.53. The highest BCUT2D eigenvalue weighted by molar-refractivity contribution is 5.92. The highest BCUT2D eigenvalue weighted by atomic mass is 16.5. The summed E-state index contributed by atoms with van der Waals surface area (Å²) in [7, 11) is 1.59. The molecule has 4 fully saturated rings. The topological polar surface area (TPSA) is 64.6 Å². The minimum Gasteiger partial charge on any atom is -0.497 e. The number of benzene rings is 1. The van der Waals surface area contributed by atoms with Crippen molar-refractivity contribution in [2.75, 3.05) is 19.0 Å². The molecule has 4 aliphatic carbocycles. The van der Waals surface area contributed by atoms with Crippen LogP contribution in [0.1, 0.15) is 44.9 Å². The zero-order chi connectivity index (χ0) is 18.1. The first-order valence-electron chi connectivity index (χ1n) is 9.63. The lowest BCUT2D eigenvalue weighted by Crippen LogP contribution is -2.47. The normalized spacial score (nSPS) is 31.5. The minimum absolute atomic E-state index is 0.151. The van der Waals surface area contributed by atoms with Gasteiger partial charge in [-0.25, -0.2) is 0 Å². The highest BCUT2D eigenvalue weighted by Gasteiger charge is 2.51. The molecule has 1 aromatic carbocycles. The molecule has 0 aliphatic heterocycles. The monoisotopic (exact) mass is 357 g/mol. The summed E-state index contributed by atoms with van der Waals surface area (Å²) in [5.74, 6) is 2.63. The number of carbonyl (C=O) groups is 2. The summed E-state index contributed by atoms with van der Waals surface area (Å²) in [5, 5.41) is 2.74. The Labute approximate surface area is 154 Å². The molecule has 5 rings (SSSR count). The maximum atomic E-state index is 12.3. The van der Waals surface area contributed by atoms with Crippen molar-refractivity contribution < 1.29 is 19.1 Å². The van der Waals surface area contributed by atoms with Crippen molar-refractivity contribution in [3.8, 4) is 5.75 Å². The first-order chi connectivity index (χ1) is 12.5. The molecule has 0 radical (unpaired) electrons. The molecule has 1 amide bonds. The summed E-state index contributed by atoms with van der Waals surface area (Å²) in [6.45, 7) is -0.225. The summed E-state index contributed by atoms with van der Waals surface area (Å²) in [6.07, 6.45) is 8.08. The van der Waals surface area contributed by atoms with Gasteiger partial charge in [0.25, 0.3) is 5.91 Å². The average molecular weight is 357 g/mol. The van der Waals surface area contributed by atoms with E-state index in [-0.39, 0.29) is 23.9 Å². The van der Waals surface area contributed by atoms with Gasteiger partial charge in [-0.1, -0.05) is 0 Å². The maximum Gasteiger partial charge on any atom is 0.306 e. The summed E-state index contributed by atoms with van der Waals surface area (Å²) < 4.78 is 10.4. The van der Waals surface area contributed by atoms with E-state index in [0.717, 1.165) is 23.5 Å². The molecule has 1 N–H and O–H groups in total. The number of rotatable bonds is 6. The number of ether oxygens (including phenoxy) is 2. The number of carbonyl (C=O) groups excluding carboxylic acids is 2. The molecule has 0 atom stereocenters. The average Bonchev–Trinajstić information content (AvgIpc) is 2.59. The van der Waals surface area contributed by atoms with Crippen LogP contribution in [-0.4, -0.2) is 25.6 Å². The Morgan fingerprint density at radius 2 is 1.62 bits per heavy atom. The molecule has 4 saturated carbocycles. The Morgan fingerprint density at radius 1 is 1.04 bits per heavy atom. The van der Waals surface area contributed by atoms with E-state index in [9.17, 15) is 9.59 Å². The molecule has 140 valence electrons. The quantitative estimate of drug-likeness (QED) is 0.787. The minimum atomic E-state index is -0.311. The van der Waals surface area contributed by atoms with Crippen LogP contribution >= 0.6 is 0 Å². The van der Waals surface area contributed by atoms with Crippen LogP contribution in [0.4, 0.5) is 5.69 Å². The van der Waals surface area contributed by atoms with E-state index in [4.69, 9.17) is 9.47 Å². The molecule has 5 heteroatoms. The van der Waals surface area contributed by atoms with Crippen molar-refractivity contribution in [3.05, 3.63) is 24.3 Å². The van der Waals surface area contributed by atoms with Crippen LogP contribution in [0, 0.1) is 23.2 Å². The highest BCUT2D eigenvalue weighted by Crippen LogP contribution is 2.61. The third-order valence-corrected chi connectivity index (χ3v) is 6.42. The maximum absolute atomic E-state index is 12.3. The van der Waals surface area contributed by atoms with E-state index in [1.54, 1.807) is 31.4 Å². The number of anilines is 1. The van der Waals surface area contributed by atoms with Gasteiger partial charge in [0.2, 0.25) is 0 Å². The molecule has 5 nitrogen and oxygen atoms in total. The standard InChI is InChI=1S/C21H27NO4/c1-25-18-4-2-17(3-5-18)22-19(23)13-26-20(24)12-21-9-14-6-15(10-21)8-16(7-14)11-21/h2-5,14-16H,6-13H2,1H3,(H,22,23). The molecule has 4 aliphatic rings. The van der Waals surface area contributed by atoms with Crippen molar-refractivity contribution in [1.29, 1.82) is 0 Å². The van der Waals surface area contributed by atoms with Crippen molar-refractivity contribution in [1.82, 2.24) is 0 Å². The number of amides is 1. The molecular formula is C21H27NO4. The van der Waals surface area contributed by atoms with E-state index in [0.29, 0.717) is 12.1 Å². The van der Waals surface area contributed by atoms with E-state index >= 15 is 0 Å². The number of hydrogen-bond donors (Lipinski definition) is 1. The lowest BCUT2D eigenvalue weighted by Gasteiger charge is -2.56. The second-order valence-corrected chi connectivity index (χ2v) is 8.53. The summed E-state index contributed by atoms with van der Waals surface area (Å²) in [6, 6.07) is 7.06. The van der Waals surface area contributed by atoms with Gasteiger partial charge in [-0.3, -0.25) is 9.59 Å². The largest absolute Gasteiger partial charge is 0.497 e. The van der Waals surface area contributed by atoms with Crippen molar-refractivity contribution in [2.45, 2.75) is 44.9 Å². The molecule has 26 heavy (non-hydrogen) atoms. The molecule has 0 spiro atoms. The van der Waals surface area contributed by atoms with Gasteiger partial charge in [-0.2, -0.15) is 0 Å². The summed E-state index contributed by atoms with van der Waals surface area (Å²) >= 11 is 0. The Kier molecular flexibility index (Phi) is 4.63. The Bertz CT molecular complexity index is 646. The predicted octanol–water partition coefficient (Wildman–Crippen LogP) is 3.78. The van der Waals surface area contributed by atoms with Crippen LogP contribution in [-0.2, 0) is 14.3 Å². The van der Waals surface area contributed by atoms with Crippen LogP contribution in [0.5, 0.6) is 5.75 Å². The van der Waals surface area contributed by atoms with Gasteiger partial charge in [-0.15, -0.1) is 0 Å². The van der Waals surface area contributed by atoms with Crippen LogP contribution in [0.15, 0.2) is 24.3 Å². The van der Waals surface area contributed by atoms with Gasteiger partial charge in [0, 0.05) is 5.69 Å². The van der Waals surface area contributed by atoms with Gasteiger partial charge in [0.15, 0.2) is 6.61 Å². The van der Waals surface area contributed by atoms with Gasteiger partial charge in [-0.05, 0) is 86.0 Å². The molecule has 4 bridgehead atoms. The SMILES string of the molecule is COc1ccc(NC(=O)COC(=O)CC23CC4CC(CC(C4)C2)C3)cc1. The van der Waals surface area contributed by atoms with Gasteiger partial charge in [0.05, 0.1) is 13.5 Å². The van der Waals surface area contributed by atoms with Crippen LogP contribution < -0.4 is 10.1 Å². The van der Waals surface area contributed by atoms with E-state index < -0.39 is 0 Å². The number of esters is 1. The van der Waals surface area contributed by atoms with Crippen molar-refractivity contribution >= 4 is 17.6 Å². The van der Waals surface area contributed by atoms with Crippen molar-refractivity contribution in [2.24, 2.45) is 23.2 Å². The zero-order valence-corrected chi connectivity index (χ0v) is 15.3. The summed E-state index contributed by atoms with van der Waals surface area (Å²) in [5.41, 5.74) is 0.811. The second kappa shape index (κ2) is 6.93. The van der Waals surface area contributed by atoms with Gasteiger partial charge < -0.3 is 14.8 Å². The fraction of sp³-hybridized carbons (Fsp3) is 0.619. The Balaban J connectivity index is 1.25. The van der Waals surface area contributed by atoms with Crippen LogP contribution in [0.3, 0.4) is 0 Å². The first-order valence-corrected chi connectivity index (χ1v) is 9.63. The van der Waals surface area contributed by atoms with E-state index in [1.807, 2.05) is 0 Å². The number of hydrogen-bond acceptors (Lipinski definition) is 4. The fourth-order valence-electron chi connectivity index (χ4n) is 5.88. The Hall–Kier alpha value is -2.04. The number of methoxy groups -OCH3 is 1. The molecular weight excluding hydrogens is 330 g/mol. The molecule has 0 aromatic heterocycles. The third-order valence-electron chi connectivity index (χ3n) is 6.42. The van der Waals surface area contributed by atoms with Crippen LogP contribution in [0.25, 0.3) is 0 Å². The lowest BCUT2D eigenvalue weighted by molar-refractivity contribution is -0.154. The van der Waals surface area contributed by atoms with E-state index in [1.165, 1.54) is 38.5 Å². The third kappa shape index (κ3) is 3.71. The lowest BCUT2D eigenvalue weighted by atomic mass is 9.49. The van der Waals surface area contributed by atoms with Crippen LogP contribution in [0.2, 0.25) is 0 Å².